The highest BCUT2D eigenvalue weighted by Gasteiger charge is 2.24. The number of hydrogen-bond donors (Lipinski definition) is 2. The molecule has 6 heteroatoms. The second-order valence-corrected chi connectivity index (χ2v) is 5.85. The van der Waals surface area contributed by atoms with Gasteiger partial charge in [-0.3, -0.25) is 9.89 Å². The molecule has 0 aliphatic heterocycles. The van der Waals surface area contributed by atoms with Crippen molar-refractivity contribution in [2.45, 2.75) is 5.16 Å². The van der Waals surface area contributed by atoms with E-state index < -0.39 is 10.0 Å². The number of rotatable bonds is 1. The van der Waals surface area contributed by atoms with Gasteiger partial charge in [0, 0.05) is 0 Å². The number of nitrogens with one attached hydrogen (secondary N) is 1. The van der Waals surface area contributed by atoms with Crippen molar-refractivity contribution in [2.24, 2.45) is 5.73 Å². The van der Waals surface area contributed by atoms with Crippen LogP contribution in [0.4, 0.5) is 4.79 Å². The molecular formula is C5H10N4OS. The number of hydrogen-bond acceptors (Lipinski definition) is 3. The fraction of sp³-hybridized carbons (Fsp3) is 0.400. The molecule has 0 unspecified atom stereocenters. The molecule has 0 aliphatic rings. The molecule has 1 rings (SSSR count). The van der Waals surface area contributed by atoms with Crippen LogP contribution >= 0.6 is 10.0 Å². The fourth-order valence-corrected chi connectivity index (χ4v) is 1.31. The quantitative estimate of drug-likeness (QED) is 0.642. The number of nitrogens with two attached hydrogens (primary N) is 1. The van der Waals surface area contributed by atoms with Crippen LogP contribution in [0.5, 0.6) is 0 Å². The normalized spacial score (nSPS) is 12.9. The first-order valence-corrected chi connectivity index (χ1v) is 5.38. The number of amides is 1. The largest absolute Gasteiger partial charge is 0.361 e. The molecule has 5 nitrogen and oxygen atoms in total. The maximum absolute atomic E-state index is 10.9. The van der Waals surface area contributed by atoms with Crippen LogP contribution in [0.15, 0.2) is 11.5 Å². The second-order valence-electron chi connectivity index (χ2n) is 2.43. The van der Waals surface area contributed by atoms with Gasteiger partial charge in [-0.1, -0.05) is 0 Å². The van der Waals surface area contributed by atoms with Crippen molar-refractivity contribution in [1.82, 2.24) is 15.2 Å². The number of H-pyrrole nitrogens is 1. The molecule has 1 amide bonds. The van der Waals surface area contributed by atoms with E-state index >= 15 is 0 Å². The van der Waals surface area contributed by atoms with Crippen molar-refractivity contribution in [3.8, 4) is 0 Å². The van der Waals surface area contributed by atoms with Crippen LogP contribution in [-0.4, -0.2) is 32.9 Å². The number of primary amides is 1. The average Bonchev–Trinajstić information content (AvgIpc) is 2.37. The lowest BCUT2D eigenvalue weighted by molar-refractivity contribution is 0.266. The van der Waals surface area contributed by atoms with E-state index in [1.807, 2.05) is 0 Å². The summed E-state index contributed by atoms with van der Waals surface area (Å²) in [5.74, 6) is 0. The van der Waals surface area contributed by atoms with Crippen molar-refractivity contribution in [3.63, 3.8) is 0 Å². The Balaban J connectivity index is 3.00. The van der Waals surface area contributed by atoms with Crippen LogP contribution in [0.2, 0.25) is 0 Å². The maximum Gasteiger partial charge on any atom is 0.265 e. The molecule has 0 saturated heterocycles. The smallest absolute Gasteiger partial charge is 0.265 e. The van der Waals surface area contributed by atoms with Crippen molar-refractivity contribution in [3.05, 3.63) is 6.33 Å². The third kappa shape index (κ3) is 1.35. The van der Waals surface area contributed by atoms with Gasteiger partial charge in [0.05, 0.1) is 0 Å². The molecule has 11 heavy (non-hydrogen) atoms. The topological polar surface area (TPSA) is 84.7 Å². The number of aromatic amines is 1. The summed E-state index contributed by atoms with van der Waals surface area (Å²) in [5, 5.41) is 6.51. The van der Waals surface area contributed by atoms with Crippen LogP contribution in [0, 0.1) is 0 Å². The molecule has 62 valence electrons. The van der Waals surface area contributed by atoms with Gasteiger partial charge in [-0.05, 0) is 12.5 Å². The van der Waals surface area contributed by atoms with Gasteiger partial charge >= 0.3 is 0 Å². The summed E-state index contributed by atoms with van der Waals surface area (Å²) in [4.78, 5) is 14.8. The van der Waals surface area contributed by atoms with Gasteiger partial charge < -0.3 is 5.73 Å². The minimum absolute atomic E-state index is 0.350. The lowest BCUT2D eigenvalue weighted by Crippen LogP contribution is -2.18. The zero-order valence-corrected chi connectivity index (χ0v) is 7.18. The highest BCUT2D eigenvalue weighted by atomic mass is 32.3. The molecule has 0 aromatic carbocycles. The van der Waals surface area contributed by atoms with E-state index in [-0.39, 0.29) is 5.24 Å². The van der Waals surface area contributed by atoms with Crippen molar-refractivity contribution in [1.29, 1.82) is 0 Å². The minimum Gasteiger partial charge on any atom is -0.361 e. The summed E-state index contributed by atoms with van der Waals surface area (Å²) in [5.41, 5.74) is 5.17. The summed E-state index contributed by atoms with van der Waals surface area (Å²) in [6.07, 6.45) is 4.96. The first-order chi connectivity index (χ1) is 5.05. The van der Waals surface area contributed by atoms with Gasteiger partial charge in [0.15, 0.2) is 5.16 Å². The number of carbonyl (C=O) groups is 1. The molecule has 0 spiro atoms. The SMILES string of the molecule is CS(C)(C(N)=O)c1nc[nH]n1. The molecule has 3 N–H and O–H groups in total. The summed E-state index contributed by atoms with van der Waals surface area (Å²) in [6.45, 7) is 0. The summed E-state index contributed by atoms with van der Waals surface area (Å²) >= 11 is 0. The Kier molecular flexibility index (Phi) is 1.86. The average molecular weight is 174 g/mol. The molecule has 0 bridgehead atoms. The van der Waals surface area contributed by atoms with E-state index in [1.54, 1.807) is 12.5 Å². The molecule has 0 saturated carbocycles. The predicted octanol–water partition coefficient (Wildman–Crippen LogP) is 0.307. The van der Waals surface area contributed by atoms with E-state index in [9.17, 15) is 4.79 Å². The molecule has 1 aromatic heterocycles. The van der Waals surface area contributed by atoms with Gasteiger partial charge in [0.2, 0.25) is 0 Å². The highest BCUT2D eigenvalue weighted by Crippen LogP contribution is 2.45. The standard InChI is InChI=1S/C5H10N4OS/c1-11(2,4(6)10)5-7-3-8-9-5/h3H,1-2H3,(H2,6,10)(H,7,8,9). The molecule has 0 aliphatic carbocycles. The third-order valence-corrected chi connectivity index (χ3v) is 3.47. The van der Waals surface area contributed by atoms with Crippen LogP contribution in [0.3, 0.4) is 0 Å². The fourth-order valence-electron chi connectivity index (χ4n) is 0.533. The van der Waals surface area contributed by atoms with Gasteiger partial charge in [-0.2, -0.15) is 0 Å². The number of nitrogens with zero attached hydrogens (tertiary/aromatic N) is 2. The first-order valence-electron chi connectivity index (χ1n) is 2.94. The lowest BCUT2D eigenvalue weighted by atomic mass is 11.3. The molecule has 0 fully saturated rings. The number of aromatic nitrogens is 3. The Morgan fingerprint density at radius 1 is 1.73 bits per heavy atom. The van der Waals surface area contributed by atoms with Gasteiger partial charge in [-0.15, -0.1) is 15.1 Å². The number of carbonyl (C=O) groups excluding carboxylic acids is 1. The van der Waals surface area contributed by atoms with Crippen LogP contribution in [0.25, 0.3) is 0 Å². The molecule has 1 aromatic rings. The minimum atomic E-state index is -1.65. The molecular weight excluding hydrogens is 164 g/mol. The van der Waals surface area contributed by atoms with Crippen molar-refractivity contribution < 1.29 is 4.79 Å². The van der Waals surface area contributed by atoms with Crippen LogP contribution < -0.4 is 5.73 Å². The monoisotopic (exact) mass is 174 g/mol. The van der Waals surface area contributed by atoms with Crippen molar-refractivity contribution >= 4 is 15.3 Å². The molecule has 0 atom stereocenters. The van der Waals surface area contributed by atoms with Gasteiger partial charge in [0.1, 0.15) is 6.33 Å². The van der Waals surface area contributed by atoms with Crippen LogP contribution in [0.1, 0.15) is 0 Å². The predicted molar refractivity (Wildman–Crippen MR) is 43.7 cm³/mol. The van der Waals surface area contributed by atoms with E-state index in [2.05, 4.69) is 15.2 Å². The van der Waals surface area contributed by atoms with Gasteiger partial charge in [0.25, 0.3) is 5.24 Å². The Morgan fingerprint density at radius 3 is 2.73 bits per heavy atom. The Morgan fingerprint density at radius 2 is 2.36 bits per heavy atom. The van der Waals surface area contributed by atoms with Gasteiger partial charge in [-0.25, -0.2) is 4.98 Å². The summed E-state index contributed by atoms with van der Waals surface area (Å²) < 4.78 is 0. The zero-order valence-electron chi connectivity index (χ0n) is 6.37. The Hall–Kier alpha value is -1.04. The maximum atomic E-state index is 10.9. The first kappa shape index (κ1) is 8.06. The third-order valence-electron chi connectivity index (χ3n) is 1.35. The Bertz CT molecular complexity index is 255. The summed E-state index contributed by atoms with van der Waals surface area (Å²) in [6, 6.07) is 0. The van der Waals surface area contributed by atoms with Crippen molar-refractivity contribution in [2.75, 3.05) is 12.5 Å². The lowest BCUT2D eigenvalue weighted by Gasteiger charge is -2.21. The zero-order chi connectivity index (χ0) is 8.48. The molecule has 1 heterocycles. The van der Waals surface area contributed by atoms with E-state index in [0.29, 0.717) is 5.16 Å². The van der Waals surface area contributed by atoms with E-state index in [4.69, 9.17) is 5.73 Å². The molecule has 0 radical (unpaired) electrons. The Labute approximate surface area is 65.7 Å². The highest BCUT2D eigenvalue weighted by molar-refractivity contribution is 8.44. The van der Waals surface area contributed by atoms with E-state index in [1.165, 1.54) is 6.33 Å². The van der Waals surface area contributed by atoms with E-state index in [0.717, 1.165) is 0 Å². The second kappa shape index (κ2) is 2.54. The van der Waals surface area contributed by atoms with Crippen LogP contribution in [-0.2, 0) is 0 Å². The summed E-state index contributed by atoms with van der Waals surface area (Å²) in [7, 11) is -1.65.